The first kappa shape index (κ1) is 12.8. The Balaban J connectivity index is 2.02. The summed E-state index contributed by atoms with van der Waals surface area (Å²) in [6, 6.07) is 7.04. The third-order valence-electron chi connectivity index (χ3n) is 2.41. The van der Waals surface area contributed by atoms with Gasteiger partial charge in [-0.15, -0.1) is 6.58 Å². The Morgan fingerprint density at radius 3 is 2.74 bits per heavy atom. The molecule has 1 heterocycles. The number of hydrogen-bond acceptors (Lipinski definition) is 3. The van der Waals surface area contributed by atoms with Gasteiger partial charge in [-0.05, 0) is 31.2 Å². The van der Waals surface area contributed by atoms with Gasteiger partial charge in [-0.25, -0.2) is 9.78 Å². The van der Waals surface area contributed by atoms with Crippen LogP contribution in [0.4, 0.5) is 10.5 Å². The molecule has 0 fully saturated rings. The maximum atomic E-state index is 11.4. The van der Waals surface area contributed by atoms with E-state index in [1.54, 1.807) is 18.2 Å². The molecule has 6 nitrogen and oxygen atoms in total. The molecule has 0 spiro atoms. The second kappa shape index (κ2) is 5.81. The van der Waals surface area contributed by atoms with E-state index in [4.69, 9.17) is 0 Å². The van der Waals surface area contributed by atoms with Crippen LogP contribution in [0, 0.1) is 6.92 Å². The lowest BCUT2D eigenvalue weighted by atomic mass is 10.2. The Kier molecular flexibility index (Phi) is 3.92. The molecule has 0 aliphatic carbocycles. The second-order valence-electron chi connectivity index (χ2n) is 3.95. The lowest BCUT2D eigenvalue weighted by Gasteiger charge is -2.06. The molecule has 98 valence electrons. The summed E-state index contributed by atoms with van der Waals surface area (Å²) in [5.41, 5.74) is 1.60. The highest BCUT2D eigenvalue weighted by Crippen LogP contribution is 2.17. The number of amides is 2. The van der Waals surface area contributed by atoms with E-state index in [0.29, 0.717) is 18.1 Å². The van der Waals surface area contributed by atoms with Crippen LogP contribution in [0.1, 0.15) is 5.82 Å². The van der Waals surface area contributed by atoms with Crippen molar-refractivity contribution >= 4 is 11.7 Å². The maximum absolute atomic E-state index is 11.4. The second-order valence-corrected chi connectivity index (χ2v) is 3.95. The van der Waals surface area contributed by atoms with Crippen LogP contribution in [-0.2, 0) is 0 Å². The van der Waals surface area contributed by atoms with Gasteiger partial charge in [-0.1, -0.05) is 6.08 Å². The van der Waals surface area contributed by atoms with Gasteiger partial charge >= 0.3 is 6.03 Å². The maximum Gasteiger partial charge on any atom is 0.319 e. The molecule has 0 aliphatic heterocycles. The molecular formula is C13H15N5O. The minimum Gasteiger partial charge on any atom is -0.334 e. The number of aromatic nitrogens is 3. The van der Waals surface area contributed by atoms with Gasteiger partial charge in [-0.2, -0.15) is 5.10 Å². The van der Waals surface area contributed by atoms with E-state index in [1.165, 1.54) is 0 Å². The summed E-state index contributed by atoms with van der Waals surface area (Å²) in [7, 11) is 0. The first-order chi connectivity index (χ1) is 9.19. The lowest BCUT2D eigenvalue weighted by Crippen LogP contribution is -2.28. The molecule has 0 saturated heterocycles. The summed E-state index contributed by atoms with van der Waals surface area (Å²) in [5.74, 6) is 1.40. The molecule has 6 heteroatoms. The first-order valence-corrected chi connectivity index (χ1v) is 5.84. The molecule has 1 aromatic heterocycles. The van der Waals surface area contributed by atoms with Gasteiger partial charge < -0.3 is 10.6 Å². The van der Waals surface area contributed by atoms with Crippen molar-refractivity contribution in [2.45, 2.75) is 6.92 Å². The number of carbonyl (C=O) groups is 1. The fourth-order valence-corrected chi connectivity index (χ4v) is 1.51. The number of H-pyrrole nitrogens is 1. The normalized spacial score (nSPS) is 9.95. The smallest absolute Gasteiger partial charge is 0.319 e. The van der Waals surface area contributed by atoms with E-state index >= 15 is 0 Å². The van der Waals surface area contributed by atoms with Crippen LogP contribution in [0.3, 0.4) is 0 Å². The Bertz CT molecular complexity index is 573. The SMILES string of the molecule is C=CCNC(=O)Nc1ccc(-c2n[nH]c(C)n2)cc1. The number of rotatable bonds is 4. The van der Waals surface area contributed by atoms with Gasteiger partial charge in [0.1, 0.15) is 5.82 Å². The zero-order chi connectivity index (χ0) is 13.7. The predicted octanol–water partition coefficient (Wildman–Crippen LogP) is 2.09. The Morgan fingerprint density at radius 2 is 2.16 bits per heavy atom. The van der Waals surface area contributed by atoms with Crippen LogP contribution in [0.2, 0.25) is 0 Å². The predicted molar refractivity (Wildman–Crippen MR) is 73.8 cm³/mol. The average molecular weight is 257 g/mol. The van der Waals surface area contributed by atoms with Gasteiger partial charge in [0.15, 0.2) is 5.82 Å². The topological polar surface area (TPSA) is 82.7 Å². The van der Waals surface area contributed by atoms with Crippen LogP contribution < -0.4 is 10.6 Å². The quantitative estimate of drug-likeness (QED) is 0.733. The van der Waals surface area contributed by atoms with Crippen LogP contribution in [-0.4, -0.2) is 27.8 Å². The minimum absolute atomic E-state index is 0.263. The van der Waals surface area contributed by atoms with Crippen LogP contribution in [0.15, 0.2) is 36.9 Å². The highest BCUT2D eigenvalue weighted by atomic mass is 16.2. The zero-order valence-electron chi connectivity index (χ0n) is 10.6. The molecule has 0 bridgehead atoms. The minimum atomic E-state index is -0.263. The van der Waals surface area contributed by atoms with E-state index in [0.717, 1.165) is 11.4 Å². The molecule has 0 saturated carbocycles. The van der Waals surface area contributed by atoms with Crippen molar-refractivity contribution in [2.75, 3.05) is 11.9 Å². The fraction of sp³-hybridized carbons (Fsp3) is 0.154. The number of nitrogens with one attached hydrogen (secondary N) is 3. The number of benzene rings is 1. The number of anilines is 1. The Labute approximate surface area is 111 Å². The van der Waals surface area contributed by atoms with E-state index in [1.807, 2.05) is 19.1 Å². The van der Waals surface area contributed by atoms with Crippen molar-refractivity contribution in [2.24, 2.45) is 0 Å². The molecule has 19 heavy (non-hydrogen) atoms. The van der Waals surface area contributed by atoms with E-state index in [2.05, 4.69) is 32.4 Å². The molecule has 1 aromatic carbocycles. The summed E-state index contributed by atoms with van der Waals surface area (Å²) in [6.45, 7) is 5.80. The average Bonchev–Trinajstić information content (AvgIpc) is 2.84. The highest BCUT2D eigenvalue weighted by molar-refractivity contribution is 5.89. The first-order valence-electron chi connectivity index (χ1n) is 5.84. The van der Waals surface area contributed by atoms with E-state index in [-0.39, 0.29) is 6.03 Å². The Morgan fingerprint density at radius 1 is 1.42 bits per heavy atom. The van der Waals surface area contributed by atoms with Crippen LogP contribution in [0.25, 0.3) is 11.4 Å². The molecule has 0 radical (unpaired) electrons. The van der Waals surface area contributed by atoms with Crippen molar-refractivity contribution < 1.29 is 4.79 Å². The fourth-order valence-electron chi connectivity index (χ4n) is 1.51. The monoisotopic (exact) mass is 257 g/mol. The molecule has 0 aliphatic rings. The lowest BCUT2D eigenvalue weighted by molar-refractivity contribution is 0.253. The summed E-state index contributed by atoms with van der Waals surface area (Å²) in [5, 5.41) is 12.2. The number of carbonyl (C=O) groups excluding carboxylic acids is 1. The van der Waals surface area contributed by atoms with Crippen molar-refractivity contribution in [1.29, 1.82) is 0 Å². The number of urea groups is 1. The number of nitrogens with zero attached hydrogens (tertiary/aromatic N) is 2. The van der Waals surface area contributed by atoms with Gasteiger partial charge in [0.05, 0.1) is 0 Å². The third kappa shape index (κ3) is 3.41. The standard InChI is InChI=1S/C13H15N5O/c1-3-8-14-13(19)16-11-6-4-10(5-7-11)12-15-9(2)17-18-12/h3-7H,1,8H2,2H3,(H2,14,16,19)(H,15,17,18). The van der Waals surface area contributed by atoms with Crippen LogP contribution >= 0.6 is 0 Å². The molecule has 3 N–H and O–H groups in total. The largest absolute Gasteiger partial charge is 0.334 e. The summed E-state index contributed by atoms with van der Waals surface area (Å²) in [6.07, 6.45) is 1.62. The van der Waals surface area contributed by atoms with E-state index in [9.17, 15) is 4.79 Å². The molecule has 2 rings (SSSR count). The van der Waals surface area contributed by atoms with Gasteiger partial charge in [-0.3, -0.25) is 5.10 Å². The van der Waals surface area contributed by atoms with Crippen molar-refractivity contribution in [1.82, 2.24) is 20.5 Å². The van der Waals surface area contributed by atoms with Crippen LogP contribution in [0.5, 0.6) is 0 Å². The van der Waals surface area contributed by atoms with Gasteiger partial charge in [0.2, 0.25) is 0 Å². The number of aryl methyl sites for hydroxylation is 1. The number of hydrogen-bond donors (Lipinski definition) is 3. The van der Waals surface area contributed by atoms with E-state index < -0.39 is 0 Å². The summed E-state index contributed by atoms with van der Waals surface area (Å²) >= 11 is 0. The summed E-state index contributed by atoms with van der Waals surface area (Å²) < 4.78 is 0. The number of aromatic amines is 1. The molecule has 0 atom stereocenters. The van der Waals surface area contributed by atoms with Crippen molar-refractivity contribution in [3.05, 3.63) is 42.7 Å². The summed E-state index contributed by atoms with van der Waals surface area (Å²) in [4.78, 5) is 15.7. The molecular weight excluding hydrogens is 242 g/mol. The van der Waals surface area contributed by atoms with Crippen molar-refractivity contribution in [3.63, 3.8) is 0 Å². The third-order valence-corrected chi connectivity index (χ3v) is 2.41. The Hall–Kier alpha value is -2.63. The zero-order valence-corrected chi connectivity index (χ0v) is 10.6. The highest BCUT2D eigenvalue weighted by Gasteiger charge is 2.04. The molecule has 0 unspecified atom stereocenters. The van der Waals surface area contributed by atoms with Crippen molar-refractivity contribution in [3.8, 4) is 11.4 Å². The molecule has 2 amide bonds. The molecule has 2 aromatic rings. The van der Waals surface area contributed by atoms with Gasteiger partial charge in [0, 0.05) is 17.8 Å². The van der Waals surface area contributed by atoms with Gasteiger partial charge in [0.25, 0.3) is 0 Å².